The Kier molecular flexibility index (Phi) is 4.32. The number of anilines is 1. The normalized spacial score (nSPS) is 10.4. The topological polar surface area (TPSA) is 101 Å². The summed E-state index contributed by atoms with van der Waals surface area (Å²) in [4.78, 5) is 22.2. The van der Waals surface area contributed by atoms with Crippen molar-refractivity contribution in [2.24, 2.45) is 0 Å². The number of aromatic amines is 1. The molecule has 0 saturated heterocycles. The van der Waals surface area contributed by atoms with Gasteiger partial charge in [0.1, 0.15) is 0 Å². The number of aromatic nitrogens is 2. The molecule has 0 aliphatic rings. The SMILES string of the molecule is CCc1[nH]nc(NC(=O)Cc2cccc([N+](=O)[O-])c2)c1C. The number of non-ortho nitro benzene ring substituents is 1. The Balaban J connectivity index is 2.06. The Morgan fingerprint density at radius 3 is 2.86 bits per heavy atom. The van der Waals surface area contributed by atoms with Crippen LogP contribution in [0.3, 0.4) is 0 Å². The third-order valence-corrected chi connectivity index (χ3v) is 3.21. The average Bonchev–Trinajstić information content (AvgIpc) is 2.79. The molecule has 0 fully saturated rings. The Morgan fingerprint density at radius 2 is 2.24 bits per heavy atom. The lowest BCUT2D eigenvalue weighted by Crippen LogP contribution is -2.15. The van der Waals surface area contributed by atoms with E-state index in [9.17, 15) is 14.9 Å². The second-order valence-electron chi connectivity index (χ2n) is 4.68. The molecule has 0 aliphatic carbocycles. The van der Waals surface area contributed by atoms with Gasteiger partial charge < -0.3 is 5.32 Å². The van der Waals surface area contributed by atoms with Crippen molar-refractivity contribution in [3.8, 4) is 0 Å². The number of hydrogen-bond donors (Lipinski definition) is 2. The third-order valence-electron chi connectivity index (χ3n) is 3.21. The number of hydrogen-bond acceptors (Lipinski definition) is 4. The van der Waals surface area contributed by atoms with Crippen molar-refractivity contribution < 1.29 is 9.72 Å². The number of benzene rings is 1. The van der Waals surface area contributed by atoms with E-state index in [1.807, 2.05) is 13.8 Å². The molecule has 7 nitrogen and oxygen atoms in total. The molecule has 0 radical (unpaired) electrons. The number of nitro groups is 1. The molecule has 1 aromatic carbocycles. The van der Waals surface area contributed by atoms with Crippen LogP contribution in [-0.2, 0) is 17.6 Å². The number of carbonyl (C=O) groups is 1. The van der Waals surface area contributed by atoms with E-state index in [1.165, 1.54) is 12.1 Å². The molecule has 7 heteroatoms. The fraction of sp³-hybridized carbons (Fsp3) is 0.286. The van der Waals surface area contributed by atoms with Crippen LogP contribution in [0.25, 0.3) is 0 Å². The second-order valence-corrected chi connectivity index (χ2v) is 4.68. The van der Waals surface area contributed by atoms with Gasteiger partial charge in [-0.2, -0.15) is 5.10 Å². The van der Waals surface area contributed by atoms with Crippen LogP contribution in [0, 0.1) is 17.0 Å². The van der Waals surface area contributed by atoms with Crippen LogP contribution in [0.5, 0.6) is 0 Å². The molecular weight excluding hydrogens is 272 g/mol. The molecule has 0 unspecified atom stereocenters. The molecule has 0 spiro atoms. The van der Waals surface area contributed by atoms with Gasteiger partial charge in [0.25, 0.3) is 5.69 Å². The monoisotopic (exact) mass is 288 g/mol. The predicted octanol–water partition coefficient (Wildman–Crippen LogP) is 2.37. The van der Waals surface area contributed by atoms with Crippen LogP contribution < -0.4 is 5.32 Å². The van der Waals surface area contributed by atoms with Gasteiger partial charge in [-0.3, -0.25) is 20.0 Å². The Labute approximate surface area is 121 Å². The maximum atomic E-state index is 12.0. The highest BCUT2D eigenvalue weighted by Gasteiger charge is 2.12. The number of nitrogens with one attached hydrogen (secondary N) is 2. The lowest BCUT2D eigenvalue weighted by atomic mass is 10.1. The molecule has 1 heterocycles. The molecule has 1 aromatic heterocycles. The summed E-state index contributed by atoms with van der Waals surface area (Å²) >= 11 is 0. The minimum atomic E-state index is -0.479. The standard InChI is InChI=1S/C14H16N4O3/c1-3-12-9(2)14(17-16-12)15-13(19)8-10-5-4-6-11(7-10)18(20)21/h4-7H,3,8H2,1-2H3,(H2,15,16,17,19). The number of rotatable bonds is 5. The van der Waals surface area contributed by atoms with Gasteiger partial charge in [-0.1, -0.05) is 19.1 Å². The van der Waals surface area contributed by atoms with E-state index in [2.05, 4.69) is 15.5 Å². The molecule has 21 heavy (non-hydrogen) atoms. The molecule has 0 atom stereocenters. The Bertz CT molecular complexity index is 679. The van der Waals surface area contributed by atoms with Gasteiger partial charge in [-0.25, -0.2) is 0 Å². The molecule has 2 rings (SSSR count). The summed E-state index contributed by atoms with van der Waals surface area (Å²) in [5.41, 5.74) is 2.45. The van der Waals surface area contributed by atoms with Gasteiger partial charge in [-0.05, 0) is 18.9 Å². The number of nitrogens with zero attached hydrogens (tertiary/aromatic N) is 2. The molecule has 1 amide bonds. The van der Waals surface area contributed by atoms with Crippen LogP contribution in [-0.4, -0.2) is 21.0 Å². The predicted molar refractivity (Wildman–Crippen MR) is 78.1 cm³/mol. The lowest BCUT2D eigenvalue weighted by Gasteiger charge is -2.04. The zero-order valence-electron chi connectivity index (χ0n) is 11.8. The van der Waals surface area contributed by atoms with Crippen LogP contribution in [0.4, 0.5) is 11.5 Å². The highest BCUT2D eigenvalue weighted by molar-refractivity contribution is 5.92. The van der Waals surface area contributed by atoms with Crippen LogP contribution in [0.15, 0.2) is 24.3 Å². The van der Waals surface area contributed by atoms with Crippen molar-refractivity contribution >= 4 is 17.4 Å². The molecule has 0 saturated carbocycles. The number of nitro benzene ring substituents is 1. The van der Waals surface area contributed by atoms with Crippen molar-refractivity contribution in [2.45, 2.75) is 26.7 Å². The van der Waals surface area contributed by atoms with Crippen LogP contribution in [0.1, 0.15) is 23.7 Å². The lowest BCUT2D eigenvalue weighted by molar-refractivity contribution is -0.384. The summed E-state index contributed by atoms with van der Waals surface area (Å²) in [6.45, 7) is 3.88. The van der Waals surface area contributed by atoms with Gasteiger partial charge in [0.2, 0.25) is 5.91 Å². The minimum absolute atomic E-state index is 0.0236. The number of H-pyrrole nitrogens is 1. The van der Waals surface area contributed by atoms with Gasteiger partial charge in [0, 0.05) is 23.4 Å². The first kappa shape index (κ1) is 14.7. The van der Waals surface area contributed by atoms with E-state index >= 15 is 0 Å². The summed E-state index contributed by atoms with van der Waals surface area (Å²) in [7, 11) is 0. The molecule has 2 aromatic rings. The Hall–Kier alpha value is -2.70. The smallest absolute Gasteiger partial charge is 0.269 e. The van der Waals surface area contributed by atoms with Crippen LogP contribution in [0.2, 0.25) is 0 Å². The summed E-state index contributed by atoms with van der Waals surface area (Å²) < 4.78 is 0. The summed E-state index contributed by atoms with van der Waals surface area (Å²) in [5.74, 6) is 0.245. The number of aryl methyl sites for hydroxylation is 1. The summed E-state index contributed by atoms with van der Waals surface area (Å²) in [5, 5.41) is 20.3. The highest BCUT2D eigenvalue weighted by atomic mass is 16.6. The molecule has 110 valence electrons. The van der Waals surface area contributed by atoms with Crippen LogP contribution >= 0.6 is 0 Å². The van der Waals surface area contributed by atoms with E-state index in [1.54, 1.807) is 12.1 Å². The quantitative estimate of drug-likeness (QED) is 0.651. The molecule has 2 N–H and O–H groups in total. The van der Waals surface area contributed by atoms with E-state index < -0.39 is 4.92 Å². The first-order chi connectivity index (χ1) is 10.0. The first-order valence-electron chi connectivity index (χ1n) is 6.58. The minimum Gasteiger partial charge on any atom is -0.309 e. The maximum Gasteiger partial charge on any atom is 0.269 e. The fourth-order valence-corrected chi connectivity index (χ4v) is 2.04. The van der Waals surface area contributed by atoms with Crippen molar-refractivity contribution in [1.82, 2.24) is 10.2 Å². The Morgan fingerprint density at radius 1 is 1.48 bits per heavy atom. The van der Waals surface area contributed by atoms with Crippen molar-refractivity contribution in [2.75, 3.05) is 5.32 Å². The number of amides is 1. The second kappa shape index (κ2) is 6.17. The van der Waals surface area contributed by atoms with Gasteiger partial charge in [-0.15, -0.1) is 0 Å². The average molecular weight is 288 g/mol. The van der Waals surface area contributed by atoms with Gasteiger partial charge >= 0.3 is 0 Å². The summed E-state index contributed by atoms with van der Waals surface area (Å²) in [6, 6.07) is 6.04. The zero-order valence-corrected chi connectivity index (χ0v) is 11.8. The maximum absolute atomic E-state index is 12.0. The number of carbonyl (C=O) groups excluding carboxylic acids is 1. The van der Waals surface area contributed by atoms with Gasteiger partial charge in [0.05, 0.1) is 11.3 Å². The van der Waals surface area contributed by atoms with E-state index in [4.69, 9.17) is 0 Å². The third kappa shape index (κ3) is 3.44. The summed E-state index contributed by atoms with van der Waals surface area (Å²) in [6.07, 6.45) is 0.870. The van der Waals surface area contributed by atoms with E-state index in [-0.39, 0.29) is 18.0 Å². The van der Waals surface area contributed by atoms with Crippen molar-refractivity contribution in [3.63, 3.8) is 0 Å². The molecular formula is C14H16N4O3. The van der Waals surface area contributed by atoms with Crippen molar-refractivity contribution in [1.29, 1.82) is 0 Å². The highest BCUT2D eigenvalue weighted by Crippen LogP contribution is 2.17. The van der Waals surface area contributed by atoms with Crippen molar-refractivity contribution in [3.05, 3.63) is 51.2 Å². The largest absolute Gasteiger partial charge is 0.309 e. The molecule has 0 aliphatic heterocycles. The zero-order chi connectivity index (χ0) is 15.4. The molecule has 0 bridgehead atoms. The first-order valence-corrected chi connectivity index (χ1v) is 6.58. The van der Waals surface area contributed by atoms with Gasteiger partial charge in [0.15, 0.2) is 5.82 Å². The van der Waals surface area contributed by atoms with E-state index in [0.717, 1.165) is 17.7 Å². The van der Waals surface area contributed by atoms with E-state index in [0.29, 0.717) is 11.4 Å². The fourth-order valence-electron chi connectivity index (χ4n) is 2.04.